The minimum Gasteiger partial charge on any atom is -0.379 e. The van der Waals surface area contributed by atoms with Gasteiger partial charge in [0.05, 0.1) is 28.8 Å². The number of morpholine rings is 1. The minimum absolute atomic E-state index is 0.0563. The van der Waals surface area contributed by atoms with Crippen molar-refractivity contribution in [2.45, 2.75) is 24.3 Å². The van der Waals surface area contributed by atoms with Gasteiger partial charge in [-0.25, -0.2) is 8.42 Å². The number of sulfonamides is 1. The molecule has 2 N–H and O–H groups in total. The molecule has 0 atom stereocenters. The minimum atomic E-state index is -3.71. The van der Waals surface area contributed by atoms with Gasteiger partial charge in [-0.2, -0.15) is 4.31 Å². The van der Waals surface area contributed by atoms with Crippen LogP contribution in [-0.4, -0.2) is 50.8 Å². The third-order valence-electron chi connectivity index (χ3n) is 5.42. The van der Waals surface area contributed by atoms with Gasteiger partial charge >= 0.3 is 0 Å². The molecule has 4 rings (SSSR count). The summed E-state index contributed by atoms with van der Waals surface area (Å²) in [6.07, 6.45) is 1.89. The standard InChI is InChI=1S/C22H24ClN3O5S/c23-19-8-7-18(32(29,30)26-9-11-31-12-10-26)13-20(19)25-22(28)17-3-1-15(2-4-17)14-24-21(27)16-5-6-16/h1-4,7-8,13,16H,5-6,9-12,14H2,(H,24,27)(H,25,28). The van der Waals surface area contributed by atoms with Crippen molar-refractivity contribution in [1.29, 1.82) is 0 Å². The lowest BCUT2D eigenvalue weighted by Crippen LogP contribution is -2.40. The van der Waals surface area contributed by atoms with Crippen LogP contribution in [0.1, 0.15) is 28.8 Å². The van der Waals surface area contributed by atoms with E-state index in [1.807, 2.05) is 0 Å². The van der Waals surface area contributed by atoms with Crippen LogP contribution in [0.15, 0.2) is 47.4 Å². The summed E-state index contributed by atoms with van der Waals surface area (Å²) < 4.78 is 32.3. The van der Waals surface area contributed by atoms with Gasteiger partial charge in [0.1, 0.15) is 0 Å². The van der Waals surface area contributed by atoms with Crippen molar-refractivity contribution in [2.24, 2.45) is 5.92 Å². The average Bonchev–Trinajstić information content (AvgIpc) is 3.65. The maximum atomic E-state index is 12.9. The van der Waals surface area contributed by atoms with Crippen molar-refractivity contribution < 1.29 is 22.7 Å². The Morgan fingerprint density at radius 2 is 1.75 bits per heavy atom. The number of rotatable bonds is 7. The van der Waals surface area contributed by atoms with E-state index in [0.717, 1.165) is 18.4 Å². The van der Waals surface area contributed by atoms with Gasteiger partial charge < -0.3 is 15.4 Å². The highest BCUT2D eigenvalue weighted by molar-refractivity contribution is 7.89. The average molecular weight is 478 g/mol. The molecular weight excluding hydrogens is 454 g/mol. The number of carbonyl (C=O) groups is 2. The summed E-state index contributed by atoms with van der Waals surface area (Å²) >= 11 is 6.21. The van der Waals surface area contributed by atoms with Crippen molar-refractivity contribution in [3.05, 3.63) is 58.6 Å². The Balaban J connectivity index is 1.43. The summed E-state index contributed by atoms with van der Waals surface area (Å²) in [5.41, 5.74) is 1.48. The maximum absolute atomic E-state index is 12.9. The topological polar surface area (TPSA) is 105 Å². The second-order valence-electron chi connectivity index (χ2n) is 7.80. The SMILES string of the molecule is O=C(Nc1cc(S(=O)(=O)N2CCOCC2)ccc1Cl)c1ccc(CNC(=O)C2CC2)cc1. The van der Waals surface area contributed by atoms with Crippen LogP contribution in [0.25, 0.3) is 0 Å². The molecule has 1 aliphatic heterocycles. The van der Waals surface area contributed by atoms with Crippen molar-refractivity contribution in [2.75, 3.05) is 31.6 Å². The highest BCUT2D eigenvalue weighted by Crippen LogP contribution is 2.29. The van der Waals surface area contributed by atoms with Crippen LogP contribution in [0.3, 0.4) is 0 Å². The van der Waals surface area contributed by atoms with E-state index in [-0.39, 0.29) is 40.5 Å². The molecule has 2 aromatic rings. The van der Waals surface area contributed by atoms with Gasteiger partial charge in [-0.05, 0) is 48.7 Å². The lowest BCUT2D eigenvalue weighted by atomic mass is 10.1. The van der Waals surface area contributed by atoms with E-state index in [9.17, 15) is 18.0 Å². The van der Waals surface area contributed by atoms with Gasteiger partial charge in [0.25, 0.3) is 5.91 Å². The predicted molar refractivity (Wildman–Crippen MR) is 120 cm³/mol. The first-order chi connectivity index (χ1) is 15.3. The van der Waals surface area contributed by atoms with E-state index in [1.165, 1.54) is 22.5 Å². The first-order valence-corrected chi connectivity index (χ1v) is 12.2. The molecular formula is C22H24ClN3O5S. The molecule has 2 aliphatic rings. The van der Waals surface area contributed by atoms with Crippen LogP contribution >= 0.6 is 11.6 Å². The number of amides is 2. The zero-order valence-corrected chi connectivity index (χ0v) is 18.9. The molecule has 0 aromatic heterocycles. The quantitative estimate of drug-likeness (QED) is 0.637. The number of hydrogen-bond donors (Lipinski definition) is 2. The van der Waals surface area contributed by atoms with E-state index in [1.54, 1.807) is 24.3 Å². The van der Waals surface area contributed by atoms with E-state index in [2.05, 4.69) is 10.6 Å². The molecule has 2 aromatic carbocycles. The molecule has 0 radical (unpaired) electrons. The van der Waals surface area contributed by atoms with Crippen LogP contribution in [0.4, 0.5) is 5.69 Å². The molecule has 2 fully saturated rings. The summed E-state index contributed by atoms with van der Waals surface area (Å²) in [5, 5.41) is 5.80. The van der Waals surface area contributed by atoms with Gasteiger partial charge in [-0.3, -0.25) is 9.59 Å². The fraction of sp³-hybridized carbons (Fsp3) is 0.364. The van der Waals surface area contributed by atoms with Crippen molar-refractivity contribution in [1.82, 2.24) is 9.62 Å². The predicted octanol–water partition coefficient (Wildman–Crippen LogP) is 2.64. The number of anilines is 1. The largest absolute Gasteiger partial charge is 0.379 e. The molecule has 1 saturated carbocycles. The highest BCUT2D eigenvalue weighted by atomic mass is 35.5. The molecule has 0 unspecified atom stereocenters. The van der Waals surface area contributed by atoms with Gasteiger partial charge in [0, 0.05) is 31.1 Å². The summed E-state index contributed by atoms with van der Waals surface area (Å²) in [5.74, 6) is -0.206. The Hall–Kier alpha value is -2.46. The number of hydrogen-bond acceptors (Lipinski definition) is 5. The Bertz CT molecular complexity index is 1110. The van der Waals surface area contributed by atoms with Crippen LogP contribution in [0.2, 0.25) is 5.02 Å². The zero-order chi connectivity index (χ0) is 22.7. The second kappa shape index (κ2) is 9.58. The van der Waals surface area contributed by atoms with E-state index < -0.39 is 15.9 Å². The monoisotopic (exact) mass is 477 g/mol. The fourth-order valence-corrected chi connectivity index (χ4v) is 4.94. The summed E-state index contributed by atoms with van der Waals surface area (Å²) in [6, 6.07) is 11.1. The second-order valence-corrected chi connectivity index (χ2v) is 10.1. The van der Waals surface area contributed by atoms with Crippen molar-refractivity contribution >= 4 is 39.1 Å². The third-order valence-corrected chi connectivity index (χ3v) is 7.65. The van der Waals surface area contributed by atoms with Crippen LogP contribution in [-0.2, 0) is 26.1 Å². The van der Waals surface area contributed by atoms with Gasteiger partial charge in [-0.1, -0.05) is 23.7 Å². The molecule has 8 nitrogen and oxygen atoms in total. The first-order valence-electron chi connectivity index (χ1n) is 10.4. The van der Waals surface area contributed by atoms with Crippen molar-refractivity contribution in [3.8, 4) is 0 Å². The summed E-state index contributed by atoms with van der Waals surface area (Å²) in [4.78, 5) is 24.5. The molecule has 32 heavy (non-hydrogen) atoms. The van der Waals surface area contributed by atoms with Crippen LogP contribution < -0.4 is 10.6 Å². The lowest BCUT2D eigenvalue weighted by Gasteiger charge is -2.26. The number of benzene rings is 2. The smallest absolute Gasteiger partial charge is 0.255 e. The molecule has 0 bridgehead atoms. The molecule has 2 amide bonds. The Morgan fingerprint density at radius 3 is 2.41 bits per heavy atom. The summed E-state index contributed by atoms with van der Waals surface area (Å²) in [6.45, 7) is 1.65. The first kappa shape index (κ1) is 22.7. The Labute approximate surface area is 191 Å². The van der Waals surface area contributed by atoms with E-state index in [0.29, 0.717) is 25.3 Å². The van der Waals surface area contributed by atoms with Gasteiger partial charge in [0.2, 0.25) is 15.9 Å². The number of carbonyl (C=O) groups excluding carboxylic acids is 2. The fourth-order valence-electron chi connectivity index (χ4n) is 3.34. The normalized spacial score (nSPS) is 17.0. The van der Waals surface area contributed by atoms with Crippen LogP contribution in [0.5, 0.6) is 0 Å². The van der Waals surface area contributed by atoms with E-state index >= 15 is 0 Å². The molecule has 1 heterocycles. The molecule has 10 heteroatoms. The molecule has 170 valence electrons. The number of ether oxygens (including phenoxy) is 1. The molecule has 1 saturated heterocycles. The number of nitrogens with one attached hydrogen (secondary N) is 2. The van der Waals surface area contributed by atoms with Crippen LogP contribution in [0, 0.1) is 5.92 Å². The summed E-state index contributed by atoms with van der Waals surface area (Å²) in [7, 11) is -3.71. The zero-order valence-electron chi connectivity index (χ0n) is 17.3. The molecule has 0 spiro atoms. The maximum Gasteiger partial charge on any atom is 0.255 e. The van der Waals surface area contributed by atoms with Crippen molar-refractivity contribution in [3.63, 3.8) is 0 Å². The van der Waals surface area contributed by atoms with Gasteiger partial charge in [0.15, 0.2) is 0 Å². The molecule has 1 aliphatic carbocycles. The Morgan fingerprint density at radius 1 is 1.06 bits per heavy atom. The Kier molecular flexibility index (Phi) is 6.80. The number of halogens is 1. The van der Waals surface area contributed by atoms with Gasteiger partial charge in [-0.15, -0.1) is 0 Å². The lowest BCUT2D eigenvalue weighted by molar-refractivity contribution is -0.122. The number of nitrogens with zero attached hydrogens (tertiary/aromatic N) is 1. The van der Waals surface area contributed by atoms with E-state index in [4.69, 9.17) is 16.3 Å². The highest BCUT2D eigenvalue weighted by Gasteiger charge is 2.29. The third kappa shape index (κ3) is 5.29.